The lowest BCUT2D eigenvalue weighted by Crippen LogP contribution is -2.67. The van der Waals surface area contributed by atoms with Crippen LogP contribution in [0.3, 0.4) is 0 Å². The number of hydrogen-bond donors (Lipinski definition) is 4. The number of aliphatic hydroxyl groups excluding tert-OH is 1. The molecule has 0 heterocycles. The van der Waals surface area contributed by atoms with Crippen LogP contribution in [0.5, 0.6) is 0 Å². The summed E-state index contributed by atoms with van der Waals surface area (Å²) in [6, 6.07) is 0. The van der Waals surface area contributed by atoms with E-state index >= 15 is 0 Å². The van der Waals surface area contributed by atoms with Gasteiger partial charge in [0.15, 0.2) is 0 Å². The van der Waals surface area contributed by atoms with Crippen LogP contribution in [0.4, 0.5) is 0 Å². The third-order valence-electron chi connectivity index (χ3n) is 1.59. The first-order chi connectivity index (χ1) is 5.77. The van der Waals surface area contributed by atoms with Gasteiger partial charge in [-0.3, -0.25) is 0 Å². The quantitative estimate of drug-likeness (QED) is 0.353. The molecule has 0 aliphatic rings. The fourth-order valence-electron chi connectivity index (χ4n) is 0.762. The van der Waals surface area contributed by atoms with Gasteiger partial charge in [-0.2, -0.15) is 0 Å². The van der Waals surface area contributed by atoms with Crippen molar-refractivity contribution in [2.45, 2.75) is 13.0 Å². The Morgan fingerprint density at radius 2 is 1.12 bits per heavy atom. The van der Waals surface area contributed by atoms with Crippen LogP contribution in [-0.4, -0.2) is 29.1 Å². The number of carbonyl (C=O) groups excluding carboxylic acids is 3. The summed E-state index contributed by atoms with van der Waals surface area (Å²) in [5.74, 6) is -7.45. The van der Waals surface area contributed by atoms with E-state index in [1.165, 1.54) is 0 Å². The zero-order chi connectivity index (χ0) is 10.8. The molecule has 0 fully saturated rings. The van der Waals surface area contributed by atoms with Crippen molar-refractivity contribution in [2.24, 2.45) is 5.41 Å². The first-order valence-corrected chi connectivity index (χ1v) is 3.10. The van der Waals surface area contributed by atoms with E-state index in [1.807, 2.05) is 0 Å². The van der Waals surface area contributed by atoms with Crippen LogP contribution in [0.1, 0.15) is 6.92 Å². The van der Waals surface area contributed by atoms with Crippen molar-refractivity contribution in [3.05, 3.63) is 0 Å². The molecule has 0 aromatic rings. The summed E-state index contributed by atoms with van der Waals surface area (Å²) in [4.78, 5) is 30.7. The lowest BCUT2D eigenvalue weighted by molar-refractivity contribution is -0.365. The van der Waals surface area contributed by atoms with E-state index in [1.54, 1.807) is 0 Å². The zero-order valence-electron chi connectivity index (χ0n) is 9.47. The van der Waals surface area contributed by atoms with Crippen LogP contribution in [0.15, 0.2) is 0 Å². The molecule has 0 bridgehead atoms. The molecule has 0 aromatic heterocycles. The molecule has 1 atom stereocenters. The molecule has 10 nitrogen and oxygen atoms in total. The molecule has 0 aliphatic carbocycles. The molecule has 0 radical (unpaired) electrons. The van der Waals surface area contributed by atoms with Gasteiger partial charge in [0.1, 0.15) is 5.41 Å². The Kier molecular flexibility index (Phi) is 11.2. The predicted molar refractivity (Wildman–Crippen MR) is 47.1 cm³/mol. The topological polar surface area (TPSA) is 250 Å². The molecule has 0 aromatic carbocycles. The lowest BCUT2D eigenvalue weighted by atomic mass is 9.83. The summed E-state index contributed by atoms with van der Waals surface area (Å²) in [5, 5.41) is 39.4. The van der Waals surface area contributed by atoms with Crippen molar-refractivity contribution in [3.63, 3.8) is 0 Å². The average Bonchev–Trinajstić information content (AvgIpc) is 1.82. The Hall–Kier alpha value is -1.75. The number of hydrogen-bond acceptors (Lipinski definition) is 7. The van der Waals surface area contributed by atoms with Crippen molar-refractivity contribution in [2.75, 3.05) is 0 Å². The van der Waals surface area contributed by atoms with Crippen LogP contribution < -0.4 is 33.8 Å². The van der Waals surface area contributed by atoms with Crippen molar-refractivity contribution in [1.82, 2.24) is 18.5 Å². The summed E-state index contributed by atoms with van der Waals surface area (Å²) in [5.41, 5.74) is -3.53. The number of quaternary nitrogens is 3. The highest BCUT2D eigenvalue weighted by molar-refractivity contribution is 6.15. The molecule has 0 aliphatic heterocycles. The van der Waals surface area contributed by atoms with Crippen LogP contribution in [0.2, 0.25) is 0 Å². The molecule has 98 valence electrons. The van der Waals surface area contributed by atoms with Crippen molar-refractivity contribution in [1.29, 1.82) is 0 Å². The Bertz CT molecular complexity index is 229. The summed E-state index contributed by atoms with van der Waals surface area (Å²) in [6.07, 6.45) is -2.22. The summed E-state index contributed by atoms with van der Waals surface area (Å²) < 4.78 is 0. The average molecular weight is 243 g/mol. The van der Waals surface area contributed by atoms with E-state index in [0.717, 1.165) is 0 Å². The summed E-state index contributed by atoms with van der Waals surface area (Å²) >= 11 is 0. The Balaban J connectivity index is -0.000000240. The van der Waals surface area contributed by atoms with Gasteiger partial charge >= 0.3 is 0 Å². The third-order valence-corrected chi connectivity index (χ3v) is 1.59. The molecular formula is C6H17N3O7. The number of rotatable bonds is 4. The first-order valence-electron chi connectivity index (χ1n) is 3.10. The van der Waals surface area contributed by atoms with Crippen LogP contribution in [-0.2, 0) is 14.4 Å². The van der Waals surface area contributed by atoms with Gasteiger partial charge < -0.3 is 53.3 Å². The van der Waals surface area contributed by atoms with Crippen LogP contribution >= 0.6 is 0 Å². The number of aliphatic carboxylic acids is 3. The van der Waals surface area contributed by atoms with E-state index in [0.29, 0.717) is 6.92 Å². The first kappa shape index (κ1) is 23.8. The van der Waals surface area contributed by atoms with Gasteiger partial charge in [-0.25, -0.2) is 0 Å². The second-order valence-corrected chi connectivity index (χ2v) is 2.35. The zero-order valence-corrected chi connectivity index (χ0v) is 9.47. The molecule has 0 amide bonds. The fourth-order valence-corrected chi connectivity index (χ4v) is 0.762. The highest BCUT2D eigenvalue weighted by Crippen LogP contribution is 2.19. The maximum absolute atomic E-state index is 10.2. The van der Waals surface area contributed by atoms with Crippen LogP contribution in [0.25, 0.3) is 0 Å². The predicted octanol–water partition coefficient (Wildman–Crippen LogP) is -4.27. The molecule has 0 rings (SSSR count). The monoisotopic (exact) mass is 243 g/mol. The molecule has 0 spiro atoms. The summed E-state index contributed by atoms with van der Waals surface area (Å²) in [6.45, 7) is 0.668. The van der Waals surface area contributed by atoms with Crippen LogP contribution in [0, 0.1) is 5.41 Å². The molecule has 0 saturated carbocycles. The highest BCUT2D eigenvalue weighted by atomic mass is 16.4. The van der Waals surface area contributed by atoms with E-state index in [9.17, 15) is 29.7 Å². The molecule has 16 heavy (non-hydrogen) atoms. The van der Waals surface area contributed by atoms with Gasteiger partial charge in [-0.1, -0.05) is 0 Å². The van der Waals surface area contributed by atoms with Gasteiger partial charge in [-0.05, 0) is 6.92 Å². The van der Waals surface area contributed by atoms with E-state index < -0.39 is 29.4 Å². The minimum absolute atomic E-state index is 0. The highest BCUT2D eigenvalue weighted by Gasteiger charge is 2.40. The van der Waals surface area contributed by atoms with Crippen molar-refractivity contribution >= 4 is 17.9 Å². The van der Waals surface area contributed by atoms with E-state index in [-0.39, 0.29) is 18.5 Å². The standard InChI is InChI=1S/C6H8O7.3H3N/c1-2(7)6(3(8)9,4(10)11)5(12)13;;;/h2,7H,1H3,(H,8,9)(H,10,11)(H,12,13);3*1H3. The Morgan fingerprint density at radius 1 is 0.938 bits per heavy atom. The number of aliphatic hydroxyl groups is 1. The normalized spacial score (nSPS) is 10.9. The smallest absolute Gasteiger partial charge is 0.114 e. The SMILES string of the molecule is CC(O)C(C(=O)[O-])(C(=O)[O-])C(=O)[O-].[NH4+].[NH4+].[NH4+]. The van der Waals surface area contributed by atoms with E-state index in [2.05, 4.69) is 0 Å². The molecule has 1 unspecified atom stereocenters. The lowest BCUT2D eigenvalue weighted by Gasteiger charge is -2.38. The fraction of sp³-hybridized carbons (Fsp3) is 0.500. The Morgan fingerprint density at radius 3 is 1.12 bits per heavy atom. The maximum Gasteiger partial charge on any atom is 0.114 e. The molecule has 10 heteroatoms. The number of carbonyl (C=O) groups is 3. The number of carboxylic acid groups (broad SMARTS) is 3. The molecular weight excluding hydrogens is 226 g/mol. The third kappa shape index (κ3) is 3.13. The van der Waals surface area contributed by atoms with Gasteiger partial charge in [-0.15, -0.1) is 0 Å². The Labute approximate surface area is 90.6 Å². The molecule has 13 N–H and O–H groups in total. The minimum atomic E-state index is -3.53. The number of carboxylic acids is 3. The van der Waals surface area contributed by atoms with Gasteiger partial charge in [0.25, 0.3) is 0 Å². The second kappa shape index (κ2) is 7.53. The maximum atomic E-state index is 10.2. The van der Waals surface area contributed by atoms with Crippen molar-refractivity contribution < 1.29 is 34.8 Å². The van der Waals surface area contributed by atoms with Gasteiger partial charge in [0.2, 0.25) is 0 Å². The van der Waals surface area contributed by atoms with Crippen molar-refractivity contribution in [3.8, 4) is 0 Å². The van der Waals surface area contributed by atoms with E-state index in [4.69, 9.17) is 5.11 Å². The second-order valence-electron chi connectivity index (χ2n) is 2.35. The largest absolute Gasteiger partial charge is 0.549 e. The van der Waals surface area contributed by atoms with Gasteiger partial charge in [0, 0.05) is 0 Å². The minimum Gasteiger partial charge on any atom is -0.549 e. The molecule has 0 saturated heterocycles. The van der Waals surface area contributed by atoms with Gasteiger partial charge in [0.05, 0.1) is 24.0 Å². The summed E-state index contributed by atoms with van der Waals surface area (Å²) in [7, 11) is 0.